The molecule has 1 fully saturated rings. The fourth-order valence-corrected chi connectivity index (χ4v) is 4.35. The number of nitrogens with one attached hydrogen (secondary N) is 1. The molecule has 0 unspecified atom stereocenters. The summed E-state index contributed by atoms with van der Waals surface area (Å²) in [5.41, 5.74) is 5.14. The van der Waals surface area contributed by atoms with Crippen LogP contribution in [0.3, 0.4) is 0 Å². The average Bonchev–Trinajstić information content (AvgIpc) is 2.89. The van der Waals surface area contributed by atoms with E-state index < -0.39 is 0 Å². The Bertz CT molecular complexity index is 1110. The number of amides is 2. The van der Waals surface area contributed by atoms with Crippen molar-refractivity contribution >= 4 is 17.5 Å². The SMILES string of the molecule is CCc1ccc(NC(=O)N2CCc3nc(-c4ccccc4)nc(N4CCOCC4)c3C2)cc1. The third kappa shape index (κ3) is 4.68. The molecule has 3 aromatic rings. The summed E-state index contributed by atoms with van der Waals surface area (Å²) in [4.78, 5) is 27.1. The maximum absolute atomic E-state index is 13.0. The summed E-state index contributed by atoms with van der Waals surface area (Å²) in [6.07, 6.45) is 1.68. The minimum atomic E-state index is -0.0926. The van der Waals surface area contributed by atoms with Crippen molar-refractivity contribution in [2.24, 2.45) is 0 Å². The number of ether oxygens (including phenoxy) is 1. The van der Waals surface area contributed by atoms with E-state index in [1.807, 2.05) is 47.4 Å². The number of aryl methyl sites for hydroxylation is 1. The van der Waals surface area contributed by atoms with Gasteiger partial charge in [0.05, 0.1) is 25.5 Å². The van der Waals surface area contributed by atoms with E-state index in [1.165, 1.54) is 5.56 Å². The van der Waals surface area contributed by atoms with Gasteiger partial charge in [-0.05, 0) is 24.1 Å². The van der Waals surface area contributed by atoms with E-state index in [0.29, 0.717) is 32.7 Å². The van der Waals surface area contributed by atoms with Crippen LogP contribution in [0.5, 0.6) is 0 Å². The number of fused-ring (bicyclic) bond motifs is 1. The number of hydrogen-bond donors (Lipinski definition) is 1. The molecule has 1 saturated heterocycles. The first-order valence-electron chi connectivity index (χ1n) is 11.6. The molecule has 0 radical (unpaired) electrons. The molecule has 2 aromatic carbocycles. The van der Waals surface area contributed by atoms with Crippen LogP contribution >= 0.6 is 0 Å². The molecule has 5 rings (SSSR count). The first-order chi connectivity index (χ1) is 16.2. The Morgan fingerprint density at radius 1 is 1.00 bits per heavy atom. The van der Waals surface area contributed by atoms with Crippen LogP contribution in [0.25, 0.3) is 11.4 Å². The molecule has 0 bridgehead atoms. The smallest absolute Gasteiger partial charge is 0.322 e. The van der Waals surface area contributed by atoms with Crippen molar-refractivity contribution in [1.29, 1.82) is 0 Å². The minimum Gasteiger partial charge on any atom is -0.378 e. The number of carbonyl (C=O) groups is 1. The number of benzene rings is 2. The maximum Gasteiger partial charge on any atom is 0.322 e. The normalized spacial score (nSPS) is 15.8. The zero-order chi connectivity index (χ0) is 22.6. The summed E-state index contributed by atoms with van der Waals surface area (Å²) in [5.74, 6) is 1.66. The predicted molar refractivity (Wildman–Crippen MR) is 129 cm³/mol. The minimum absolute atomic E-state index is 0.0926. The second-order valence-corrected chi connectivity index (χ2v) is 8.41. The second kappa shape index (κ2) is 9.58. The van der Waals surface area contributed by atoms with Crippen molar-refractivity contribution in [2.75, 3.05) is 43.1 Å². The predicted octanol–water partition coefficient (Wildman–Crippen LogP) is 4.13. The highest BCUT2D eigenvalue weighted by Crippen LogP contribution is 2.30. The highest BCUT2D eigenvalue weighted by molar-refractivity contribution is 5.89. The Morgan fingerprint density at radius 2 is 1.76 bits per heavy atom. The molecule has 3 heterocycles. The highest BCUT2D eigenvalue weighted by Gasteiger charge is 2.28. The van der Waals surface area contributed by atoms with E-state index in [9.17, 15) is 4.79 Å². The van der Waals surface area contributed by atoms with Gasteiger partial charge in [0, 0.05) is 42.9 Å². The molecule has 0 saturated carbocycles. The van der Waals surface area contributed by atoms with Crippen LogP contribution in [-0.4, -0.2) is 53.7 Å². The topological polar surface area (TPSA) is 70.6 Å². The van der Waals surface area contributed by atoms with Gasteiger partial charge < -0.3 is 19.9 Å². The quantitative estimate of drug-likeness (QED) is 0.657. The molecular formula is C26H29N5O2. The van der Waals surface area contributed by atoms with Crippen molar-refractivity contribution in [2.45, 2.75) is 26.3 Å². The summed E-state index contributed by atoms with van der Waals surface area (Å²) in [6.45, 7) is 6.17. The van der Waals surface area contributed by atoms with Crippen LogP contribution in [0.15, 0.2) is 54.6 Å². The monoisotopic (exact) mass is 443 g/mol. The Morgan fingerprint density at radius 3 is 2.48 bits per heavy atom. The van der Waals surface area contributed by atoms with Gasteiger partial charge in [-0.1, -0.05) is 49.4 Å². The van der Waals surface area contributed by atoms with Crippen LogP contribution in [0.4, 0.5) is 16.3 Å². The van der Waals surface area contributed by atoms with Gasteiger partial charge in [0.1, 0.15) is 5.82 Å². The fourth-order valence-electron chi connectivity index (χ4n) is 4.35. The van der Waals surface area contributed by atoms with Gasteiger partial charge in [-0.25, -0.2) is 14.8 Å². The first kappa shape index (κ1) is 21.4. The molecule has 2 amide bonds. The van der Waals surface area contributed by atoms with E-state index in [4.69, 9.17) is 14.7 Å². The van der Waals surface area contributed by atoms with Crippen LogP contribution in [0.2, 0.25) is 0 Å². The van der Waals surface area contributed by atoms with Crippen molar-refractivity contribution in [3.8, 4) is 11.4 Å². The zero-order valence-electron chi connectivity index (χ0n) is 19.0. The van der Waals surface area contributed by atoms with E-state index in [1.54, 1.807) is 0 Å². The highest BCUT2D eigenvalue weighted by atomic mass is 16.5. The molecule has 2 aliphatic heterocycles. The lowest BCUT2D eigenvalue weighted by molar-refractivity contribution is 0.122. The molecule has 7 nitrogen and oxygen atoms in total. The first-order valence-corrected chi connectivity index (χ1v) is 11.6. The number of rotatable bonds is 4. The van der Waals surface area contributed by atoms with Gasteiger partial charge in [0.2, 0.25) is 0 Å². The van der Waals surface area contributed by atoms with E-state index in [-0.39, 0.29) is 6.03 Å². The zero-order valence-corrected chi connectivity index (χ0v) is 19.0. The number of morpholine rings is 1. The maximum atomic E-state index is 13.0. The summed E-state index contributed by atoms with van der Waals surface area (Å²) in [5, 5.41) is 3.04. The third-order valence-corrected chi connectivity index (χ3v) is 6.28. The lowest BCUT2D eigenvalue weighted by atomic mass is 10.0. The third-order valence-electron chi connectivity index (χ3n) is 6.28. The van der Waals surface area contributed by atoms with Gasteiger partial charge in [-0.3, -0.25) is 0 Å². The molecule has 0 aliphatic carbocycles. The van der Waals surface area contributed by atoms with E-state index in [0.717, 1.165) is 53.7 Å². The van der Waals surface area contributed by atoms with E-state index >= 15 is 0 Å². The number of carbonyl (C=O) groups excluding carboxylic acids is 1. The Labute approximate surface area is 194 Å². The van der Waals surface area contributed by atoms with Crippen LogP contribution in [0.1, 0.15) is 23.7 Å². The largest absolute Gasteiger partial charge is 0.378 e. The van der Waals surface area contributed by atoms with Crippen molar-refractivity contribution in [3.05, 3.63) is 71.4 Å². The van der Waals surface area contributed by atoms with E-state index in [2.05, 4.69) is 29.3 Å². The lowest BCUT2D eigenvalue weighted by Gasteiger charge is -2.34. The molecule has 0 atom stereocenters. The van der Waals surface area contributed by atoms with Crippen LogP contribution < -0.4 is 10.2 Å². The molecule has 2 aliphatic rings. The number of hydrogen-bond acceptors (Lipinski definition) is 5. The molecule has 33 heavy (non-hydrogen) atoms. The molecule has 170 valence electrons. The van der Waals surface area contributed by atoms with Crippen molar-refractivity contribution in [1.82, 2.24) is 14.9 Å². The molecular weight excluding hydrogens is 414 g/mol. The summed E-state index contributed by atoms with van der Waals surface area (Å²) in [6, 6.07) is 18.0. The van der Waals surface area contributed by atoms with Crippen molar-refractivity contribution in [3.63, 3.8) is 0 Å². The van der Waals surface area contributed by atoms with Gasteiger partial charge in [0.15, 0.2) is 5.82 Å². The standard InChI is InChI=1S/C26H29N5O2/c1-2-19-8-10-21(11-9-19)27-26(32)31-13-12-23-22(18-31)25(30-14-16-33-17-15-30)29-24(28-23)20-6-4-3-5-7-20/h3-11H,2,12-18H2,1H3,(H,27,32). The summed E-state index contributed by atoms with van der Waals surface area (Å²) in [7, 11) is 0. The van der Waals surface area contributed by atoms with Gasteiger partial charge >= 0.3 is 6.03 Å². The van der Waals surface area contributed by atoms with Gasteiger partial charge in [-0.15, -0.1) is 0 Å². The number of aromatic nitrogens is 2. The lowest BCUT2D eigenvalue weighted by Crippen LogP contribution is -2.42. The van der Waals surface area contributed by atoms with Crippen LogP contribution in [0, 0.1) is 0 Å². The Kier molecular flexibility index (Phi) is 6.21. The molecule has 1 aromatic heterocycles. The number of nitrogens with zero attached hydrogens (tertiary/aromatic N) is 4. The Balaban J connectivity index is 1.42. The van der Waals surface area contributed by atoms with Gasteiger partial charge in [-0.2, -0.15) is 0 Å². The van der Waals surface area contributed by atoms with Gasteiger partial charge in [0.25, 0.3) is 0 Å². The number of urea groups is 1. The second-order valence-electron chi connectivity index (χ2n) is 8.41. The van der Waals surface area contributed by atoms with Crippen molar-refractivity contribution < 1.29 is 9.53 Å². The fraction of sp³-hybridized carbons (Fsp3) is 0.346. The molecule has 1 N–H and O–H groups in total. The Hall–Kier alpha value is -3.45. The summed E-state index contributed by atoms with van der Waals surface area (Å²) >= 11 is 0. The number of anilines is 2. The van der Waals surface area contributed by atoms with Crippen LogP contribution in [-0.2, 0) is 24.1 Å². The average molecular weight is 444 g/mol. The summed E-state index contributed by atoms with van der Waals surface area (Å²) < 4.78 is 5.56. The molecule has 0 spiro atoms. The molecule has 7 heteroatoms.